The maximum absolute atomic E-state index is 13.3. The van der Waals surface area contributed by atoms with Gasteiger partial charge in [0.1, 0.15) is 41.1 Å². The average Bonchev–Trinajstić information content (AvgIpc) is 3.39. The summed E-state index contributed by atoms with van der Waals surface area (Å²) in [6.45, 7) is 2.45. The van der Waals surface area contributed by atoms with Crippen molar-refractivity contribution in [3.63, 3.8) is 0 Å². The normalized spacial score (nSPS) is 17.7. The largest absolute Gasteiger partial charge is 0.489 e. The highest BCUT2D eigenvalue weighted by Gasteiger charge is 2.29. The van der Waals surface area contributed by atoms with Crippen molar-refractivity contribution in [1.29, 1.82) is 0 Å². The predicted molar refractivity (Wildman–Crippen MR) is 141 cm³/mol. The summed E-state index contributed by atoms with van der Waals surface area (Å²) in [5.74, 6) is 2.56. The second kappa shape index (κ2) is 10.2. The van der Waals surface area contributed by atoms with Crippen LogP contribution in [0.3, 0.4) is 0 Å². The van der Waals surface area contributed by atoms with E-state index >= 15 is 0 Å². The summed E-state index contributed by atoms with van der Waals surface area (Å²) in [5, 5.41) is 6.94. The zero-order chi connectivity index (χ0) is 26.1. The van der Waals surface area contributed by atoms with Crippen LogP contribution in [0.1, 0.15) is 18.4 Å². The first-order chi connectivity index (χ1) is 18.5. The van der Waals surface area contributed by atoms with Crippen LogP contribution in [0.2, 0.25) is 0 Å². The maximum Gasteiger partial charge on any atom is 0.253 e. The van der Waals surface area contributed by atoms with Crippen LogP contribution in [-0.4, -0.2) is 44.5 Å². The molecule has 4 heterocycles. The monoisotopic (exact) mass is 516 g/mol. The zero-order valence-electron chi connectivity index (χ0n) is 20.6. The molecule has 2 aromatic carbocycles. The van der Waals surface area contributed by atoms with Crippen LogP contribution >= 0.6 is 0 Å². The molecular formula is C28H26F2N6O2. The van der Waals surface area contributed by atoms with Gasteiger partial charge >= 0.3 is 0 Å². The van der Waals surface area contributed by atoms with Crippen molar-refractivity contribution < 1.29 is 18.3 Å². The SMILES string of the molecule is Cc1cc(Nc2ncnc3cccc(O[C@H]4CCN[C@H](C(F)F)C4)c23)ccc1Oc1ccn2ccnc2c1. The molecule has 6 rings (SSSR count). The topological polar surface area (TPSA) is 85.6 Å². The molecule has 2 N–H and O–H groups in total. The van der Waals surface area contributed by atoms with Gasteiger partial charge in [0.25, 0.3) is 6.43 Å². The molecule has 0 bridgehead atoms. The molecule has 0 radical (unpaired) electrons. The lowest BCUT2D eigenvalue weighted by molar-refractivity contribution is 0.0470. The van der Waals surface area contributed by atoms with Gasteiger partial charge in [0.15, 0.2) is 0 Å². The molecule has 194 valence electrons. The van der Waals surface area contributed by atoms with Crippen molar-refractivity contribution in [2.24, 2.45) is 0 Å². The summed E-state index contributed by atoms with van der Waals surface area (Å²) in [6.07, 6.45) is 5.13. The number of ether oxygens (including phenoxy) is 2. The highest BCUT2D eigenvalue weighted by Crippen LogP contribution is 2.35. The van der Waals surface area contributed by atoms with Gasteiger partial charge < -0.3 is 24.5 Å². The number of imidazole rings is 1. The molecular weight excluding hydrogens is 490 g/mol. The highest BCUT2D eigenvalue weighted by atomic mass is 19.3. The van der Waals surface area contributed by atoms with Crippen LogP contribution < -0.4 is 20.1 Å². The Labute approximate surface area is 217 Å². The number of hydrogen-bond acceptors (Lipinski definition) is 7. The van der Waals surface area contributed by atoms with E-state index in [1.165, 1.54) is 6.33 Å². The molecule has 0 saturated carbocycles. The van der Waals surface area contributed by atoms with Gasteiger partial charge in [-0.25, -0.2) is 23.7 Å². The summed E-state index contributed by atoms with van der Waals surface area (Å²) in [4.78, 5) is 13.2. The number of aromatic nitrogens is 4. The number of nitrogens with one attached hydrogen (secondary N) is 2. The fraction of sp³-hybridized carbons (Fsp3) is 0.250. The van der Waals surface area contributed by atoms with E-state index in [4.69, 9.17) is 9.47 Å². The highest BCUT2D eigenvalue weighted by molar-refractivity contribution is 5.95. The molecule has 10 heteroatoms. The number of hydrogen-bond donors (Lipinski definition) is 2. The molecule has 1 aliphatic heterocycles. The number of halogens is 2. The first-order valence-electron chi connectivity index (χ1n) is 12.4. The van der Waals surface area contributed by atoms with Gasteiger partial charge in [-0.3, -0.25) is 0 Å². The lowest BCUT2D eigenvalue weighted by Crippen LogP contribution is -2.46. The standard InChI is InChI=1S/C28H26F2N6O2/c1-17-13-18(5-6-23(17)37-20-8-11-36-12-10-32-25(36)15-20)35-28-26-21(33-16-34-28)3-2-4-24(26)38-19-7-9-31-22(14-19)27(29)30/h2-6,8,10-13,15-16,19,22,27,31H,7,9,14H2,1H3,(H,33,34,35)/t19-,22-/m0/s1. The third-order valence-electron chi connectivity index (χ3n) is 6.65. The van der Waals surface area contributed by atoms with Gasteiger partial charge in [0.2, 0.25) is 0 Å². The Morgan fingerprint density at radius 3 is 2.84 bits per heavy atom. The number of rotatable bonds is 7. The van der Waals surface area contributed by atoms with E-state index in [1.54, 1.807) is 6.20 Å². The van der Waals surface area contributed by atoms with Crippen LogP contribution in [-0.2, 0) is 0 Å². The van der Waals surface area contributed by atoms with E-state index in [-0.39, 0.29) is 12.5 Å². The number of alkyl halides is 2. The Kier molecular flexibility index (Phi) is 6.47. The fourth-order valence-corrected chi connectivity index (χ4v) is 4.72. The van der Waals surface area contributed by atoms with Gasteiger partial charge in [0.05, 0.1) is 16.9 Å². The van der Waals surface area contributed by atoms with E-state index < -0.39 is 12.5 Å². The Morgan fingerprint density at radius 2 is 1.97 bits per heavy atom. The Balaban J connectivity index is 1.24. The van der Waals surface area contributed by atoms with Crippen molar-refractivity contribution in [3.8, 4) is 17.2 Å². The molecule has 0 unspecified atom stereocenters. The molecule has 0 aliphatic carbocycles. The molecule has 2 atom stereocenters. The first kappa shape index (κ1) is 24.1. The van der Waals surface area contributed by atoms with Crippen molar-refractivity contribution in [2.75, 3.05) is 11.9 Å². The smallest absolute Gasteiger partial charge is 0.253 e. The maximum atomic E-state index is 13.3. The van der Waals surface area contributed by atoms with E-state index in [0.29, 0.717) is 41.2 Å². The average molecular weight is 517 g/mol. The Morgan fingerprint density at radius 1 is 1.05 bits per heavy atom. The van der Waals surface area contributed by atoms with Crippen LogP contribution in [0, 0.1) is 6.92 Å². The summed E-state index contributed by atoms with van der Waals surface area (Å²) in [7, 11) is 0. The third kappa shape index (κ3) is 4.95. The molecule has 0 spiro atoms. The van der Waals surface area contributed by atoms with Crippen molar-refractivity contribution in [3.05, 3.63) is 79.0 Å². The number of nitrogens with zero attached hydrogens (tertiary/aromatic N) is 4. The molecule has 1 saturated heterocycles. The second-order valence-corrected chi connectivity index (χ2v) is 9.29. The molecule has 0 amide bonds. The minimum Gasteiger partial charge on any atom is -0.489 e. The third-order valence-corrected chi connectivity index (χ3v) is 6.65. The number of anilines is 2. The second-order valence-electron chi connectivity index (χ2n) is 9.29. The minimum absolute atomic E-state index is 0.235. The first-order valence-corrected chi connectivity index (χ1v) is 12.4. The molecule has 5 aromatic rings. The van der Waals surface area contributed by atoms with Gasteiger partial charge in [-0.1, -0.05) is 6.07 Å². The predicted octanol–water partition coefficient (Wildman–Crippen LogP) is 5.89. The molecule has 1 fully saturated rings. The van der Waals surface area contributed by atoms with E-state index in [0.717, 1.165) is 22.6 Å². The van der Waals surface area contributed by atoms with E-state index in [2.05, 4.69) is 25.6 Å². The van der Waals surface area contributed by atoms with Gasteiger partial charge in [0, 0.05) is 36.8 Å². The van der Waals surface area contributed by atoms with E-state index in [1.807, 2.05) is 72.2 Å². The number of pyridine rings is 1. The number of aryl methyl sites for hydroxylation is 1. The molecule has 38 heavy (non-hydrogen) atoms. The zero-order valence-corrected chi connectivity index (χ0v) is 20.6. The Hall–Kier alpha value is -4.31. The molecule has 1 aliphatic rings. The van der Waals surface area contributed by atoms with Crippen molar-refractivity contribution >= 4 is 28.1 Å². The van der Waals surface area contributed by atoms with Crippen LogP contribution in [0.15, 0.2) is 73.4 Å². The number of piperidine rings is 1. The van der Waals surface area contributed by atoms with E-state index in [9.17, 15) is 8.78 Å². The van der Waals surface area contributed by atoms with Crippen molar-refractivity contribution in [1.82, 2.24) is 24.7 Å². The van der Waals surface area contributed by atoms with Gasteiger partial charge in [-0.2, -0.15) is 0 Å². The summed E-state index contributed by atoms with van der Waals surface area (Å²) in [5.41, 5.74) is 3.25. The summed E-state index contributed by atoms with van der Waals surface area (Å²) in [6, 6.07) is 14.2. The fourth-order valence-electron chi connectivity index (χ4n) is 4.72. The molecule has 8 nitrogen and oxygen atoms in total. The lowest BCUT2D eigenvalue weighted by Gasteiger charge is -2.30. The number of benzene rings is 2. The summed E-state index contributed by atoms with van der Waals surface area (Å²) < 4.78 is 40.8. The minimum atomic E-state index is -2.43. The quantitative estimate of drug-likeness (QED) is 0.279. The summed E-state index contributed by atoms with van der Waals surface area (Å²) >= 11 is 0. The lowest BCUT2D eigenvalue weighted by atomic mass is 10.0. The number of fused-ring (bicyclic) bond motifs is 2. The van der Waals surface area contributed by atoms with Crippen LogP contribution in [0.4, 0.5) is 20.3 Å². The molecule has 3 aromatic heterocycles. The van der Waals surface area contributed by atoms with Crippen LogP contribution in [0.25, 0.3) is 16.6 Å². The van der Waals surface area contributed by atoms with Gasteiger partial charge in [-0.15, -0.1) is 0 Å². The van der Waals surface area contributed by atoms with Crippen LogP contribution in [0.5, 0.6) is 17.2 Å². The van der Waals surface area contributed by atoms with Crippen molar-refractivity contribution in [2.45, 2.75) is 38.3 Å². The Bertz CT molecular complexity index is 1590. The van der Waals surface area contributed by atoms with Gasteiger partial charge in [-0.05, 0) is 61.9 Å².